The summed E-state index contributed by atoms with van der Waals surface area (Å²) in [6.45, 7) is 4.07. The van der Waals surface area contributed by atoms with E-state index in [4.69, 9.17) is 4.74 Å². The Morgan fingerprint density at radius 2 is 2.19 bits per heavy atom. The number of benzene rings is 1. The number of hydrogen-bond donors (Lipinski definition) is 0. The number of fused-ring (bicyclic) bond motifs is 1. The molecule has 0 N–H and O–H groups in total. The van der Waals surface area contributed by atoms with Gasteiger partial charge in [0.25, 0.3) is 0 Å². The van der Waals surface area contributed by atoms with Crippen LogP contribution in [0.2, 0.25) is 0 Å². The number of carbonyl (C=O) groups excluding carboxylic acids is 1. The number of rotatable bonds is 2. The lowest BCUT2D eigenvalue weighted by molar-refractivity contribution is -0.116. The molecule has 0 unspecified atom stereocenters. The molecule has 0 saturated carbocycles. The van der Waals surface area contributed by atoms with Crippen molar-refractivity contribution in [3.8, 4) is 0 Å². The number of aryl methyl sites for hydroxylation is 1. The van der Waals surface area contributed by atoms with Gasteiger partial charge in [0.2, 0.25) is 5.83 Å². The molecule has 0 fully saturated rings. The number of allylic oxidation sites excluding steroid dienone is 1. The predicted octanol–water partition coefficient (Wildman–Crippen LogP) is 2.79. The zero-order valence-electron chi connectivity index (χ0n) is 9.34. The van der Waals surface area contributed by atoms with Gasteiger partial charge < -0.3 is 4.74 Å². The van der Waals surface area contributed by atoms with E-state index in [1.165, 1.54) is 0 Å². The molecule has 2 rings (SSSR count). The van der Waals surface area contributed by atoms with Gasteiger partial charge in [0.1, 0.15) is 0 Å². The van der Waals surface area contributed by atoms with Crippen LogP contribution in [0.15, 0.2) is 24.0 Å². The number of ether oxygens (including phenoxy) is 1. The van der Waals surface area contributed by atoms with Crippen molar-refractivity contribution in [1.29, 1.82) is 0 Å². The monoisotopic (exact) mass is 220 g/mol. The summed E-state index contributed by atoms with van der Waals surface area (Å²) in [4.78, 5) is 11.4. The molecule has 1 aromatic rings. The van der Waals surface area contributed by atoms with Gasteiger partial charge in [0.05, 0.1) is 6.61 Å². The van der Waals surface area contributed by atoms with E-state index in [-0.39, 0.29) is 12.2 Å². The highest BCUT2D eigenvalue weighted by Crippen LogP contribution is 2.31. The van der Waals surface area contributed by atoms with Crippen molar-refractivity contribution in [2.24, 2.45) is 0 Å². The summed E-state index contributed by atoms with van der Waals surface area (Å²) >= 11 is 0. The standard InChI is InChI=1S/C13H13FO2/c1-3-16-13-10-5-4-8(2)6-9(10)7-11(15)12(13)14/h4-6H,3,7H2,1-2H3. The molecule has 1 aliphatic rings. The Labute approximate surface area is 93.7 Å². The first-order valence-electron chi connectivity index (χ1n) is 5.29. The second-order valence-electron chi connectivity index (χ2n) is 3.84. The van der Waals surface area contributed by atoms with E-state index in [2.05, 4.69) is 0 Å². The molecule has 2 nitrogen and oxygen atoms in total. The van der Waals surface area contributed by atoms with E-state index < -0.39 is 11.6 Å². The number of carbonyl (C=O) groups is 1. The molecule has 1 aromatic carbocycles. The number of ketones is 1. The lowest BCUT2D eigenvalue weighted by atomic mass is 9.93. The summed E-state index contributed by atoms with van der Waals surface area (Å²) in [6, 6.07) is 5.60. The van der Waals surface area contributed by atoms with Crippen LogP contribution in [0.1, 0.15) is 23.6 Å². The zero-order valence-corrected chi connectivity index (χ0v) is 9.34. The van der Waals surface area contributed by atoms with Gasteiger partial charge in [0, 0.05) is 12.0 Å². The Bertz CT molecular complexity index is 475. The fourth-order valence-corrected chi connectivity index (χ4v) is 1.87. The average molecular weight is 220 g/mol. The van der Waals surface area contributed by atoms with Gasteiger partial charge in [-0.25, -0.2) is 0 Å². The molecular weight excluding hydrogens is 207 g/mol. The molecule has 0 saturated heterocycles. The second kappa shape index (κ2) is 4.08. The highest BCUT2D eigenvalue weighted by atomic mass is 19.1. The van der Waals surface area contributed by atoms with Crippen molar-refractivity contribution >= 4 is 11.5 Å². The Morgan fingerprint density at radius 3 is 2.88 bits per heavy atom. The quantitative estimate of drug-likeness (QED) is 0.766. The van der Waals surface area contributed by atoms with Crippen LogP contribution in [0.25, 0.3) is 5.76 Å². The summed E-state index contributed by atoms with van der Waals surface area (Å²) in [5, 5.41) is 0. The summed E-state index contributed by atoms with van der Waals surface area (Å²) in [5.74, 6) is -1.16. The topological polar surface area (TPSA) is 26.3 Å². The first-order valence-corrected chi connectivity index (χ1v) is 5.29. The fraction of sp³-hybridized carbons (Fsp3) is 0.308. The second-order valence-corrected chi connectivity index (χ2v) is 3.84. The molecule has 0 spiro atoms. The predicted molar refractivity (Wildman–Crippen MR) is 59.5 cm³/mol. The van der Waals surface area contributed by atoms with E-state index >= 15 is 0 Å². The third-order valence-electron chi connectivity index (χ3n) is 2.59. The lowest BCUT2D eigenvalue weighted by Crippen LogP contribution is -2.15. The molecule has 0 bridgehead atoms. The van der Waals surface area contributed by atoms with Crippen molar-refractivity contribution in [1.82, 2.24) is 0 Å². The van der Waals surface area contributed by atoms with Crippen molar-refractivity contribution in [3.05, 3.63) is 40.7 Å². The lowest BCUT2D eigenvalue weighted by Gasteiger charge is -2.18. The SMILES string of the molecule is CCOC1=C(F)C(=O)Cc2cc(C)ccc21. The van der Waals surface area contributed by atoms with Crippen LogP contribution >= 0.6 is 0 Å². The normalized spacial score (nSPS) is 15.1. The van der Waals surface area contributed by atoms with Crippen LogP contribution in [0.5, 0.6) is 0 Å². The molecular formula is C13H13FO2. The van der Waals surface area contributed by atoms with Crippen molar-refractivity contribution in [3.63, 3.8) is 0 Å². The maximum Gasteiger partial charge on any atom is 0.208 e. The van der Waals surface area contributed by atoms with E-state index in [1.807, 2.05) is 25.1 Å². The number of hydrogen-bond acceptors (Lipinski definition) is 2. The Hall–Kier alpha value is -1.64. The van der Waals surface area contributed by atoms with Gasteiger partial charge >= 0.3 is 0 Å². The third-order valence-corrected chi connectivity index (χ3v) is 2.59. The molecule has 0 aliphatic heterocycles. The van der Waals surface area contributed by atoms with Crippen molar-refractivity contribution in [2.45, 2.75) is 20.3 Å². The highest BCUT2D eigenvalue weighted by molar-refractivity contribution is 6.03. The maximum atomic E-state index is 13.6. The summed E-state index contributed by atoms with van der Waals surface area (Å²) < 4.78 is 18.8. The molecule has 0 amide bonds. The molecule has 0 heterocycles. The average Bonchev–Trinajstić information content (AvgIpc) is 2.24. The van der Waals surface area contributed by atoms with Crippen molar-refractivity contribution < 1.29 is 13.9 Å². The Morgan fingerprint density at radius 1 is 1.44 bits per heavy atom. The molecule has 0 radical (unpaired) electrons. The third kappa shape index (κ3) is 1.73. The minimum Gasteiger partial charge on any atom is -0.490 e. The van der Waals surface area contributed by atoms with Crippen LogP contribution in [0.4, 0.5) is 4.39 Å². The maximum absolute atomic E-state index is 13.6. The Kier molecular flexibility index (Phi) is 2.77. The van der Waals surface area contributed by atoms with Crippen LogP contribution in [-0.2, 0) is 16.0 Å². The van der Waals surface area contributed by atoms with Crippen LogP contribution in [-0.4, -0.2) is 12.4 Å². The van der Waals surface area contributed by atoms with Gasteiger partial charge in [0.15, 0.2) is 11.5 Å². The van der Waals surface area contributed by atoms with E-state index in [0.29, 0.717) is 12.2 Å². The first-order chi connectivity index (χ1) is 7.63. The van der Waals surface area contributed by atoms with E-state index in [0.717, 1.165) is 11.1 Å². The number of halogens is 1. The molecule has 3 heteroatoms. The van der Waals surface area contributed by atoms with Crippen LogP contribution in [0.3, 0.4) is 0 Å². The van der Waals surface area contributed by atoms with Gasteiger partial charge in [-0.05, 0) is 19.4 Å². The van der Waals surface area contributed by atoms with E-state index in [1.54, 1.807) is 6.92 Å². The van der Waals surface area contributed by atoms with Crippen LogP contribution in [0, 0.1) is 6.92 Å². The highest BCUT2D eigenvalue weighted by Gasteiger charge is 2.26. The summed E-state index contributed by atoms with van der Waals surface area (Å²) in [6.07, 6.45) is 0.124. The molecule has 84 valence electrons. The smallest absolute Gasteiger partial charge is 0.208 e. The fourth-order valence-electron chi connectivity index (χ4n) is 1.87. The van der Waals surface area contributed by atoms with Gasteiger partial charge in [-0.15, -0.1) is 0 Å². The van der Waals surface area contributed by atoms with Gasteiger partial charge in [-0.2, -0.15) is 4.39 Å². The minimum absolute atomic E-state index is 0.0914. The molecule has 1 aliphatic carbocycles. The summed E-state index contributed by atoms with van der Waals surface area (Å²) in [7, 11) is 0. The molecule has 0 atom stereocenters. The van der Waals surface area contributed by atoms with E-state index in [9.17, 15) is 9.18 Å². The first kappa shape index (κ1) is 10.9. The van der Waals surface area contributed by atoms with Crippen molar-refractivity contribution in [2.75, 3.05) is 6.61 Å². The Balaban J connectivity index is 2.56. The number of Topliss-reactive ketones (excluding diaryl/α,β-unsaturated/α-hetero) is 1. The van der Waals surface area contributed by atoms with Gasteiger partial charge in [-0.1, -0.05) is 23.8 Å². The summed E-state index contributed by atoms with van der Waals surface area (Å²) in [5.41, 5.74) is 2.60. The molecule has 16 heavy (non-hydrogen) atoms. The minimum atomic E-state index is -0.752. The van der Waals surface area contributed by atoms with Gasteiger partial charge in [-0.3, -0.25) is 4.79 Å². The largest absolute Gasteiger partial charge is 0.490 e. The molecule has 0 aromatic heterocycles. The van der Waals surface area contributed by atoms with Crippen LogP contribution < -0.4 is 0 Å². The zero-order chi connectivity index (χ0) is 11.7.